The van der Waals surface area contributed by atoms with Crippen LogP contribution in [0.5, 0.6) is 0 Å². The van der Waals surface area contributed by atoms with Crippen molar-refractivity contribution in [3.05, 3.63) is 35.9 Å². The van der Waals surface area contributed by atoms with E-state index in [1.807, 2.05) is 18.2 Å². The zero-order valence-corrected chi connectivity index (χ0v) is 12.6. The molecular weight excluding hydrogens is 248 g/mol. The predicted molar refractivity (Wildman–Crippen MR) is 82.3 cm³/mol. The number of amides is 1. The van der Waals surface area contributed by atoms with Crippen LogP contribution in [0.2, 0.25) is 0 Å². The SMILES string of the molecule is C[C@@H]1CCC[C@H](C)N1C(=O)C(CN)Cc1ccccc1. The molecule has 1 amide bonds. The second-order valence-electron chi connectivity index (χ2n) is 6.00. The molecule has 3 nitrogen and oxygen atoms in total. The summed E-state index contributed by atoms with van der Waals surface area (Å²) in [6.45, 7) is 4.73. The van der Waals surface area contributed by atoms with E-state index in [1.165, 1.54) is 12.0 Å². The van der Waals surface area contributed by atoms with Crippen LogP contribution < -0.4 is 5.73 Å². The molecule has 1 fully saturated rings. The number of carbonyl (C=O) groups is 1. The summed E-state index contributed by atoms with van der Waals surface area (Å²) in [5, 5.41) is 0. The first-order chi connectivity index (χ1) is 9.63. The molecule has 0 saturated carbocycles. The molecule has 0 aliphatic carbocycles. The molecule has 0 bridgehead atoms. The van der Waals surface area contributed by atoms with Gasteiger partial charge in [0.15, 0.2) is 0 Å². The van der Waals surface area contributed by atoms with Gasteiger partial charge < -0.3 is 10.6 Å². The standard InChI is InChI=1S/C17H26N2O/c1-13-7-6-8-14(2)19(13)17(20)16(12-18)11-15-9-4-3-5-10-15/h3-5,9-10,13-14,16H,6-8,11-12,18H2,1-2H3/t13-,14+,16?. The van der Waals surface area contributed by atoms with E-state index >= 15 is 0 Å². The largest absolute Gasteiger partial charge is 0.337 e. The van der Waals surface area contributed by atoms with Crippen molar-refractivity contribution in [1.82, 2.24) is 4.90 Å². The molecule has 110 valence electrons. The summed E-state index contributed by atoms with van der Waals surface area (Å²) >= 11 is 0. The molecule has 2 N–H and O–H groups in total. The Morgan fingerprint density at radius 3 is 2.40 bits per heavy atom. The van der Waals surface area contributed by atoms with Crippen molar-refractivity contribution in [2.24, 2.45) is 11.7 Å². The molecule has 0 aromatic heterocycles. The lowest BCUT2D eigenvalue weighted by Gasteiger charge is -2.41. The first-order valence-electron chi connectivity index (χ1n) is 7.69. The molecule has 20 heavy (non-hydrogen) atoms. The van der Waals surface area contributed by atoms with E-state index in [9.17, 15) is 4.79 Å². The van der Waals surface area contributed by atoms with Gasteiger partial charge in [0.1, 0.15) is 0 Å². The van der Waals surface area contributed by atoms with Crippen LogP contribution in [0, 0.1) is 5.92 Å². The van der Waals surface area contributed by atoms with Gasteiger partial charge in [0.2, 0.25) is 5.91 Å². The van der Waals surface area contributed by atoms with Crippen LogP contribution in [0.3, 0.4) is 0 Å². The highest BCUT2D eigenvalue weighted by Gasteiger charge is 2.32. The summed E-state index contributed by atoms with van der Waals surface area (Å²) in [7, 11) is 0. The smallest absolute Gasteiger partial charge is 0.227 e. The minimum Gasteiger partial charge on any atom is -0.337 e. The van der Waals surface area contributed by atoms with E-state index < -0.39 is 0 Å². The topological polar surface area (TPSA) is 46.3 Å². The lowest BCUT2D eigenvalue weighted by Crippen LogP contribution is -2.51. The number of hydrogen-bond donors (Lipinski definition) is 1. The summed E-state index contributed by atoms with van der Waals surface area (Å²) in [5.41, 5.74) is 7.06. The molecule has 1 unspecified atom stereocenters. The number of rotatable bonds is 4. The van der Waals surface area contributed by atoms with Crippen LogP contribution in [0.15, 0.2) is 30.3 Å². The molecule has 3 heteroatoms. The van der Waals surface area contributed by atoms with Gasteiger partial charge in [-0.05, 0) is 45.1 Å². The molecule has 2 rings (SSSR count). The minimum atomic E-state index is -0.0969. The number of likely N-dealkylation sites (tertiary alicyclic amines) is 1. The summed E-state index contributed by atoms with van der Waals surface area (Å²) < 4.78 is 0. The van der Waals surface area contributed by atoms with Crippen molar-refractivity contribution in [1.29, 1.82) is 0 Å². The van der Waals surface area contributed by atoms with Crippen molar-refractivity contribution in [2.75, 3.05) is 6.54 Å². The summed E-state index contributed by atoms with van der Waals surface area (Å²) in [6, 6.07) is 10.8. The van der Waals surface area contributed by atoms with Crippen LogP contribution in [0.4, 0.5) is 0 Å². The molecule has 1 heterocycles. The zero-order valence-electron chi connectivity index (χ0n) is 12.6. The second kappa shape index (κ2) is 6.89. The van der Waals surface area contributed by atoms with Crippen molar-refractivity contribution in [2.45, 2.75) is 51.6 Å². The van der Waals surface area contributed by atoms with Gasteiger partial charge in [-0.3, -0.25) is 4.79 Å². The first-order valence-corrected chi connectivity index (χ1v) is 7.69. The van der Waals surface area contributed by atoms with Crippen molar-refractivity contribution in [3.8, 4) is 0 Å². The Bertz CT molecular complexity index is 422. The van der Waals surface area contributed by atoms with E-state index in [0.29, 0.717) is 18.6 Å². The Kier molecular flexibility index (Phi) is 5.18. The monoisotopic (exact) mass is 274 g/mol. The maximum atomic E-state index is 12.8. The van der Waals surface area contributed by atoms with E-state index in [0.717, 1.165) is 19.3 Å². The van der Waals surface area contributed by atoms with E-state index in [1.54, 1.807) is 0 Å². The summed E-state index contributed by atoms with van der Waals surface area (Å²) in [5.74, 6) is 0.136. The van der Waals surface area contributed by atoms with Crippen molar-refractivity contribution >= 4 is 5.91 Å². The van der Waals surface area contributed by atoms with Crippen LogP contribution in [0.25, 0.3) is 0 Å². The molecule has 0 radical (unpaired) electrons. The van der Waals surface area contributed by atoms with Crippen LogP contribution in [0.1, 0.15) is 38.7 Å². The van der Waals surface area contributed by atoms with Gasteiger partial charge in [0.05, 0.1) is 5.92 Å². The molecule has 1 saturated heterocycles. The van der Waals surface area contributed by atoms with E-state index in [2.05, 4.69) is 30.9 Å². The Morgan fingerprint density at radius 2 is 1.85 bits per heavy atom. The molecule has 1 aliphatic heterocycles. The number of hydrogen-bond acceptors (Lipinski definition) is 2. The summed E-state index contributed by atoms with van der Waals surface area (Å²) in [6.07, 6.45) is 4.18. The summed E-state index contributed by atoms with van der Waals surface area (Å²) in [4.78, 5) is 14.9. The fraction of sp³-hybridized carbons (Fsp3) is 0.588. The third kappa shape index (κ3) is 3.40. The first kappa shape index (κ1) is 15.0. The number of nitrogens with zero attached hydrogens (tertiary/aromatic N) is 1. The van der Waals surface area contributed by atoms with Crippen LogP contribution in [-0.4, -0.2) is 29.4 Å². The van der Waals surface area contributed by atoms with Crippen LogP contribution in [-0.2, 0) is 11.2 Å². The van der Waals surface area contributed by atoms with Gasteiger partial charge in [-0.1, -0.05) is 30.3 Å². The zero-order chi connectivity index (χ0) is 14.5. The minimum absolute atomic E-state index is 0.0969. The lowest BCUT2D eigenvalue weighted by atomic mass is 9.92. The Morgan fingerprint density at radius 1 is 1.25 bits per heavy atom. The molecule has 1 aliphatic rings. The number of nitrogens with two attached hydrogens (primary N) is 1. The van der Waals surface area contributed by atoms with Crippen molar-refractivity contribution in [3.63, 3.8) is 0 Å². The average Bonchev–Trinajstić information content (AvgIpc) is 2.45. The van der Waals surface area contributed by atoms with Gasteiger partial charge in [0, 0.05) is 18.6 Å². The number of benzene rings is 1. The Balaban J connectivity index is 2.08. The average molecular weight is 274 g/mol. The van der Waals surface area contributed by atoms with Crippen LogP contribution >= 0.6 is 0 Å². The predicted octanol–water partition coefficient (Wildman–Crippen LogP) is 2.59. The highest BCUT2D eigenvalue weighted by Crippen LogP contribution is 2.25. The lowest BCUT2D eigenvalue weighted by molar-refractivity contribution is -0.141. The highest BCUT2D eigenvalue weighted by molar-refractivity contribution is 5.80. The van der Waals surface area contributed by atoms with Crippen molar-refractivity contribution < 1.29 is 4.79 Å². The maximum Gasteiger partial charge on any atom is 0.227 e. The van der Waals surface area contributed by atoms with Gasteiger partial charge >= 0.3 is 0 Å². The highest BCUT2D eigenvalue weighted by atomic mass is 16.2. The molecular formula is C17H26N2O. The van der Waals surface area contributed by atoms with Gasteiger partial charge in [0.25, 0.3) is 0 Å². The quantitative estimate of drug-likeness (QED) is 0.917. The van der Waals surface area contributed by atoms with Gasteiger partial charge in [-0.15, -0.1) is 0 Å². The Hall–Kier alpha value is -1.35. The second-order valence-corrected chi connectivity index (χ2v) is 6.00. The molecule has 0 spiro atoms. The maximum absolute atomic E-state index is 12.8. The molecule has 1 aromatic rings. The fourth-order valence-electron chi connectivity index (χ4n) is 3.24. The van der Waals surface area contributed by atoms with E-state index in [4.69, 9.17) is 5.73 Å². The third-order valence-electron chi connectivity index (χ3n) is 4.41. The number of piperidine rings is 1. The van der Waals surface area contributed by atoms with E-state index in [-0.39, 0.29) is 11.8 Å². The van der Waals surface area contributed by atoms with Gasteiger partial charge in [-0.25, -0.2) is 0 Å². The molecule has 3 atom stereocenters. The normalized spacial score (nSPS) is 24.4. The Labute approximate surface area is 122 Å². The molecule has 1 aromatic carbocycles. The fourth-order valence-corrected chi connectivity index (χ4v) is 3.24. The van der Waals surface area contributed by atoms with Gasteiger partial charge in [-0.2, -0.15) is 0 Å². The third-order valence-corrected chi connectivity index (χ3v) is 4.41. The number of carbonyl (C=O) groups excluding carboxylic acids is 1.